The third-order valence-corrected chi connectivity index (χ3v) is 5.21. The number of carbonyl (C=O) groups is 1. The van der Waals surface area contributed by atoms with Gasteiger partial charge in [-0.2, -0.15) is 0 Å². The molecule has 0 spiro atoms. The number of hydrogen-bond donors (Lipinski definition) is 2. The van der Waals surface area contributed by atoms with Crippen molar-refractivity contribution in [3.8, 4) is 0 Å². The normalized spacial score (nSPS) is 20.9. The lowest BCUT2D eigenvalue weighted by Gasteiger charge is -2.23. The Hall–Kier alpha value is -1.48. The van der Waals surface area contributed by atoms with Crippen LogP contribution in [0.15, 0.2) is 12.1 Å². The van der Waals surface area contributed by atoms with Crippen LogP contribution in [0.3, 0.4) is 0 Å². The van der Waals surface area contributed by atoms with Crippen molar-refractivity contribution in [2.24, 2.45) is 5.92 Å². The lowest BCUT2D eigenvalue weighted by molar-refractivity contribution is -0.122. The van der Waals surface area contributed by atoms with Gasteiger partial charge in [-0.15, -0.1) is 0 Å². The second kappa shape index (κ2) is 5.31. The van der Waals surface area contributed by atoms with Gasteiger partial charge in [-0.25, -0.2) is 0 Å². The molecule has 1 aromatic carbocycles. The first-order valence-electron chi connectivity index (χ1n) is 8.19. The van der Waals surface area contributed by atoms with Crippen LogP contribution in [0.5, 0.6) is 0 Å². The van der Waals surface area contributed by atoms with Crippen molar-refractivity contribution in [3.05, 3.63) is 34.0 Å². The molecule has 0 radical (unpaired) electrons. The van der Waals surface area contributed by atoms with Crippen LogP contribution >= 0.6 is 11.6 Å². The predicted molar refractivity (Wildman–Crippen MR) is 89.3 cm³/mol. The molecule has 2 aliphatic rings. The summed E-state index contributed by atoms with van der Waals surface area (Å²) >= 11 is 6.22. The number of amides is 1. The van der Waals surface area contributed by atoms with Crippen LogP contribution in [0.1, 0.15) is 42.5 Å². The Balaban J connectivity index is 1.57. The lowest BCUT2D eigenvalue weighted by Crippen LogP contribution is -2.38. The number of halogens is 1. The summed E-state index contributed by atoms with van der Waals surface area (Å²) in [7, 11) is 0. The van der Waals surface area contributed by atoms with Crippen molar-refractivity contribution in [2.75, 3.05) is 0 Å². The van der Waals surface area contributed by atoms with Crippen molar-refractivity contribution in [1.82, 2.24) is 10.3 Å². The third-order valence-electron chi connectivity index (χ3n) is 5.00. The highest BCUT2D eigenvalue weighted by atomic mass is 35.5. The van der Waals surface area contributed by atoms with Gasteiger partial charge in [0.25, 0.3) is 0 Å². The van der Waals surface area contributed by atoms with Gasteiger partial charge in [-0.05, 0) is 68.2 Å². The molecule has 2 aliphatic carbocycles. The minimum Gasteiger partial charge on any atom is -0.358 e. The Morgan fingerprint density at radius 2 is 2.18 bits per heavy atom. The molecule has 22 heavy (non-hydrogen) atoms. The summed E-state index contributed by atoms with van der Waals surface area (Å²) in [5.74, 6) is 0.874. The maximum Gasteiger partial charge on any atom is 0.220 e. The van der Waals surface area contributed by atoms with E-state index in [9.17, 15) is 4.79 Å². The second-order valence-corrected chi connectivity index (χ2v) is 7.32. The number of carbonyl (C=O) groups excluding carboxylic acids is 1. The fourth-order valence-corrected chi connectivity index (χ4v) is 3.92. The second-order valence-electron chi connectivity index (χ2n) is 6.88. The molecule has 1 heterocycles. The number of H-pyrrole nitrogens is 1. The number of benzene rings is 1. The number of rotatable bonds is 3. The van der Waals surface area contributed by atoms with Gasteiger partial charge in [-0.1, -0.05) is 11.6 Å². The molecule has 1 amide bonds. The van der Waals surface area contributed by atoms with Crippen molar-refractivity contribution >= 4 is 28.4 Å². The molecule has 116 valence electrons. The first-order chi connectivity index (χ1) is 10.6. The SMILES string of the molecule is Cc1cc(Cl)cc2c3c([nH]c12)CCC(NC(=O)CC1CC1)C3. The molecule has 1 atom stereocenters. The quantitative estimate of drug-likeness (QED) is 0.886. The third kappa shape index (κ3) is 2.63. The maximum atomic E-state index is 12.0. The van der Waals surface area contributed by atoms with E-state index < -0.39 is 0 Å². The van der Waals surface area contributed by atoms with E-state index in [2.05, 4.69) is 17.2 Å². The molecule has 0 bridgehead atoms. The maximum absolute atomic E-state index is 12.0. The average Bonchev–Trinajstić information content (AvgIpc) is 3.19. The number of aryl methyl sites for hydroxylation is 2. The fourth-order valence-electron chi connectivity index (χ4n) is 3.64. The van der Waals surface area contributed by atoms with Gasteiger partial charge in [0.15, 0.2) is 0 Å². The van der Waals surface area contributed by atoms with Crippen LogP contribution < -0.4 is 5.32 Å². The Bertz CT molecular complexity index is 745. The number of nitrogens with one attached hydrogen (secondary N) is 2. The molecule has 0 saturated heterocycles. The van der Waals surface area contributed by atoms with Gasteiger partial charge in [-0.3, -0.25) is 4.79 Å². The first-order valence-corrected chi connectivity index (χ1v) is 8.57. The largest absolute Gasteiger partial charge is 0.358 e. The Kier molecular flexibility index (Phi) is 3.41. The van der Waals surface area contributed by atoms with Gasteiger partial charge in [0.2, 0.25) is 5.91 Å². The summed E-state index contributed by atoms with van der Waals surface area (Å²) < 4.78 is 0. The van der Waals surface area contributed by atoms with Gasteiger partial charge in [0.1, 0.15) is 0 Å². The van der Waals surface area contributed by atoms with E-state index >= 15 is 0 Å². The van der Waals surface area contributed by atoms with Crippen LogP contribution in [0.2, 0.25) is 5.02 Å². The number of aromatic amines is 1. The van der Waals surface area contributed by atoms with Crippen LogP contribution in [-0.4, -0.2) is 16.9 Å². The van der Waals surface area contributed by atoms with E-state index in [0.717, 1.165) is 24.3 Å². The van der Waals surface area contributed by atoms with E-state index in [-0.39, 0.29) is 11.9 Å². The first kappa shape index (κ1) is 14.1. The molecule has 1 unspecified atom stereocenters. The minimum absolute atomic E-state index is 0.227. The molecular weight excluding hydrogens is 296 g/mol. The summed E-state index contributed by atoms with van der Waals surface area (Å²) in [6.45, 7) is 2.09. The standard InChI is InChI=1S/C18H21ClN2O/c1-10-6-12(19)8-15-14-9-13(4-5-16(14)21-18(10)15)20-17(22)7-11-2-3-11/h6,8,11,13,21H,2-5,7,9H2,1H3,(H,20,22). The fraction of sp³-hybridized carbons (Fsp3) is 0.500. The van der Waals surface area contributed by atoms with Gasteiger partial charge < -0.3 is 10.3 Å². The van der Waals surface area contributed by atoms with Crippen LogP contribution in [-0.2, 0) is 17.6 Å². The van der Waals surface area contributed by atoms with Crippen LogP contribution in [0.4, 0.5) is 0 Å². The molecular formula is C18H21ClN2O. The molecule has 3 nitrogen and oxygen atoms in total. The lowest BCUT2D eigenvalue weighted by atomic mass is 9.91. The monoisotopic (exact) mass is 316 g/mol. The zero-order valence-electron chi connectivity index (χ0n) is 12.8. The topological polar surface area (TPSA) is 44.9 Å². The molecule has 1 fully saturated rings. The van der Waals surface area contributed by atoms with Gasteiger partial charge >= 0.3 is 0 Å². The summed E-state index contributed by atoms with van der Waals surface area (Å²) in [6, 6.07) is 4.31. The number of fused-ring (bicyclic) bond motifs is 3. The van der Waals surface area contributed by atoms with Crippen molar-refractivity contribution in [3.63, 3.8) is 0 Å². The Morgan fingerprint density at radius 3 is 2.95 bits per heavy atom. The zero-order chi connectivity index (χ0) is 15.3. The molecule has 0 aliphatic heterocycles. The summed E-state index contributed by atoms with van der Waals surface area (Å²) in [5, 5.41) is 5.24. The molecule has 4 rings (SSSR count). The molecule has 2 N–H and O–H groups in total. The highest BCUT2D eigenvalue weighted by Crippen LogP contribution is 2.34. The van der Waals surface area contributed by atoms with Crippen molar-refractivity contribution in [2.45, 2.75) is 51.5 Å². The predicted octanol–water partition coefficient (Wildman–Crippen LogP) is 3.90. The van der Waals surface area contributed by atoms with Gasteiger partial charge in [0.05, 0.1) is 0 Å². The van der Waals surface area contributed by atoms with E-state index in [4.69, 9.17) is 11.6 Å². The van der Waals surface area contributed by atoms with E-state index in [1.807, 2.05) is 12.1 Å². The minimum atomic E-state index is 0.227. The molecule has 1 aromatic heterocycles. The zero-order valence-corrected chi connectivity index (χ0v) is 13.6. The highest BCUT2D eigenvalue weighted by Gasteiger charge is 2.28. The molecule has 4 heteroatoms. The van der Waals surface area contributed by atoms with Crippen molar-refractivity contribution in [1.29, 1.82) is 0 Å². The number of aromatic nitrogens is 1. The van der Waals surface area contributed by atoms with E-state index in [0.29, 0.717) is 12.3 Å². The summed E-state index contributed by atoms with van der Waals surface area (Å²) in [4.78, 5) is 15.6. The molecule has 2 aromatic rings. The van der Waals surface area contributed by atoms with E-state index in [1.165, 1.54) is 40.6 Å². The van der Waals surface area contributed by atoms with Crippen LogP contribution in [0.25, 0.3) is 10.9 Å². The number of hydrogen-bond acceptors (Lipinski definition) is 1. The van der Waals surface area contributed by atoms with E-state index in [1.54, 1.807) is 0 Å². The average molecular weight is 317 g/mol. The molecule has 1 saturated carbocycles. The summed E-state index contributed by atoms with van der Waals surface area (Å²) in [6.07, 6.45) is 6.08. The Labute approximate surface area is 135 Å². The Morgan fingerprint density at radius 1 is 1.36 bits per heavy atom. The summed E-state index contributed by atoms with van der Waals surface area (Å²) in [5.41, 5.74) is 5.03. The van der Waals surface area contributed by atoms with Gasteiger partial charge in [0, 0.05) is 34.1 Å². The smallest absolute Gasteiger partial charge is 0.220 e. The van der Waals surface area contributed by atoms with Crippen LogP contribution in [0, 0.1) is 12.8 Å². The van der Waals surface area contributed by atoms with Crippen molar-refractivity contribution < 1.29 is 4.79 Å². The highest BCUT2D eigenvalue weighted by molar-refractivity contribution is 6.31.